The summed E-state index contributed by atoms with van der Waals surface area (Å²) in [6.07, 6.45) is 6.90. The van der Waals surface area contributed by atoms with Crippen LogP contribution < -0.4 is 10.2 Å². The van der Waals surface area contributed by atoms with Gasteiger partial charge in [0.25, 0.3) is 0 Å². The van der Waals surface area contributed by atoms with Gasteiger partial charge in [-0.3, -0.25) is 0 Å². The molecule has 1 saturated carbocycles. The lowest BCUT2D eigenvalue weighted by molar-refractivity contribution is 0.159. The molecular weight excluding hydrogens is 232 g/mol. The summed E-state index contributed by atoms with van der Waals surface area (Å²) in [6, 6.07) is 9.90. The van der Waals surface area contributed by atoms with E-state index in [-0.39, 0.29) is 0 Å². The van der Waals surface area contributed by atoms with E-state index in [0.29, 0.717) is 0 Å². The Labute approximate surface area is 116 Å². The fraction of sp³-hybridized carbons (Fsp3) is 0.647. The number of nitrogens with one attached hydrogen (secondary N) is 1. The molecule has 0 spiro atoms. The molecule has 2 fully saturated rings. The Kier molecular flexibility index (Phi) is 2.99. The summed E-state index contributed by atoms with van der Waals surface area (Å²) in [5.74, 6) is 1.75. The molecule has 3 aliphatic rings. The molecular formula is C17H24N2. The maximum atomic E-state index is 3.65. The molecule has 0 aromatic heterocycles. The van der Waals surface area contributed by atoms with Gasteiger partial charge in [0.2, 0.25) is 0 Å². The van der Waals surface area contributed by atoms with Gasteiger partial charge in [-0.25, -0.2) is 0 Å². The first-order chi connectivity index (χ1) is 9.43. The molecule has 1 aromatic carbocycles. The van der Waals surface area contributed by atoms with E-state index in [9.17, 15) is 0 Å². The Morgan fingerprint density at radius 2 is 1.79 bits per heavy atom. The Bertz CT molecular complexity index is 434. The number of hydrogen-bond acceptors (Lipinski definition) is 2. The highest BCUT2D eigenvalue weighted by atomic mass is 15.2. The van der Waals surface area contributed by atoms with Gasteiger partial charge in [0.05, 0.1) is 0 Å². The van der Waals surface area contributed by atoms with E-state index in [4.69, 9.17) is 0 Å². The zero-order chi connectivity index (χ0) is 12.7. The summed E-state index contributed by atoms with van der Waals surface area (Å²) in [5.41, 5.74) is 3.11. The van der Waals surface area contributed by atoms with Crippen molar-refractivity contribution in [1.82, 2.24) is 5.32 Å². The normalized spacial score (nSPS) is 33.9. The number of rotatable bonds is 1. The first-order valence-corrected chi connectivity index (χ1v) is 7.99. The second-order valence-electron chi connectivity index (χ2n) is 6.53. The van der Waals surface area contributed by atoms with Crippen LogP contribution in [0.25, 0.3) is 0 Å². The molecule has 19 heavy (non-hydrogen) atoms. The molecule has 1 aliphatic carbocycles. The highest BCUT2D eigenvalue weighted by molar-refractivity contribution is 5.56. The van der Waals surface area contributed by atoms with Gasteiger partial charge in [0.15, 0.2) is 0 Å². The maximum Gasteiger partial charge on any atom is 0.0401 e. The maximum absolute atomic E-state index is 3.65. The van der Waals surface area contributed by atoms with E-state index in [2.05, 4.69) is 34.5 Å². The lowest BCUT2D eigenvalue weighted by atomic mass is 9.72. The molecule has 2 nitrogen and oxygen atoms in total. The SMILES string of the molecule is c1ccc2c(c1)CCCN2C1[C@@H]2CCC[C@@H]1CNC2. The minimum atomic E-state index is 0.802. The van der Waals surface area contributed by atoms with Gasteiger partial charge in [-0.05, 0) is 62.2 Å². The number of aryl methyl sites for hydroxylation is 1. The Balaban J connectivity index is 1.69. The largest absolute Gasteiger partial charge is 0.368 e. The number of benzene rings is 1. The minimum Gasteiger partial charge on any atom is -0.368 e. The molecule has 2 aliphatic heterocycles. The van der Waals surface area contributed by atoms with Gasteiger partial charge < -0.3 is 10.2 Å². The van der Waals surface area contributed by atoms with Crippen LogP contribution in [-0.2, 0) is 6.42 Å². The fourth-order valence-corrected chi connectivity index (χ4v) is 4.65. The number of nitrogens with zero attached hydrogens (tertiary/aromatic N) is 1. The molecule has 2 heterocycles. The first-order valence-electron chi connectivity index (χ1n) is 7.99. The van der Waals surface area contributed by atoms with Crippen molar-refractivity contribution in [2.75, 3.05) is 24.5 Å². The second kappa shape index (κ2) is 4.82. The Morgan fingerprint density at radius 3 is 2.63 bits per heavy atom. The van der Waals surface area contributed by atoms with Crippen LogP contribution in [0.4, 0.5) is 5.69 Å². The Morgan fingerprint density at radius 1 is 1.00 bits per heavy atom. The van der Waals surface area contributed by atoms with Gasteiger partial charge in [0, 0.05) is 18.3 Å². The van der Waals surface area contributed by atoms with E-state index in [1.807, 2.05) is 0 Å². The lowest BCUT2D eigenvalue weighted by Crippen LogP contribution is -2.58. The summed E-state index contributed by atoms with van der Waals surface area (Å²) in [7, 11) is 0. The highest BCUT2D eigenvalue weighted by Gasteiger charge is 2.40. The van der Waals surface area contributed by atoms with Crippen LogP contribution in [-0.4, -0.2) is 25.7 Å². The van der Waals surface area contributed by atoms with Gasteiger partial charge in [-0.2, -0.15) is 0 Å². The predicted octanol–water partition coefficient (Wildman–Crippen LogP) is 2.83. The third-order valence-corrected chi connectivity index (χ3v) is 5.43. The van der Waals surface area contributed by atoms with Crippen LogP contribution in [0, 0.1) is 11.8 Å². The number of piperidine rings is 1. The first kappa shape index (κ1) is 11.8. The fourth-order valence-electron chi connectivity index (χ4n) is 4.65. The van der Waals surface area contributed by atoms with Crippen LogP contribution in [0.5, 0.6) is 0 Å². The summed E-state index contributed by atoms with van der Waals surface area (Å²) in [5, 5.41) is 3.65. The van der Waals surface area contributed by atoms with Crippen molar-refractivity contribution in [3.05, 3.63) is 29.8 Å². The zero-order valence-corrected chi connectivity index (χ0v) is 11.6. The van der Waals surface area contributed by atoms with Crippen LogP contribution >= 0.6 is 0 Å². The number of hydrogen-bond donors (Lipinski definition) is 1. The standard InChI is InChI=1S/C17H24N2/c1-2-9-16-13(5-1)8-4-10-19(16)17-14-6-3-7-15(17)12-18-11-14/h1-2,5,9,14-15,17-18H,3-4,6-8,10-12H2/t14-,15-/m1/s1. The van der Waals surface area contributed by atoms with Crippen molar-refractivity contribution >= 4 is 5.69 Å². The third kappa shape index (κ3) is 1.97. The molecule has 1 saturated heterocycles. The van der Waals surface area contributed by atoms with Crippen molar-refractivity contribution < 1.29 is 0 Å². The summed E-state index contributed by atoms with van der Waals surface area (Å²) in [4.78, 5) is 2.77. The van der Waals surface area contributed by atoms with Crippen molar-refractivity contribution in [3.63, 3.8) is 0 Å². The third-order valence-electron chi connectivity index (χ3n) is 5.43. The average Bonchev–Trinajstić information content (AvgIpc) is 2.46. The monoisotopic (exact) mass is 256 g/mol. The molecule has 2 bridgehead atoms. The highest BCUT2D eigenvalue weighted by Crippen LogP contribution is 2.40. The van der Waals surface area contributed by atoms with Gasteiger partial charge >= 0.3 is 0 Å². The van der Waals surface area contributed by atoms with Crippen molar-refractivity contribution in [2.24, 2.45) is 11.8 Å². The van der Waals surface area contributed by atoms with Crippen molar-refractivity contribution in [1.29, 1.82) is 0 Å². The number of fused-ring (bicyclic) bond motifs is 3. The number of para-hydroxylation sites is 1. The van der Waals surface area contributed by atoms with Crippen LogP contribution in [0.1, 0.15) is 31.2 Å². The predicted molar refractivity (Wildman–Crippen MR) is 79.6 cm³/mol. The van der Waals surface area contributed by atoms with E-state index in [1.165, 1.54) is 57.4 Å². The van der Waals surface area contributed by atoms with E-state index in [1.54, 1.807) is 5.56 Å². The van der Waals surface area contributed by atoms with Gasteiger partial charge in [-0.1, -0.05) is 24.6 Å². The molecule has 1 aromatic rings. The molecule has 2 heteroatoms. The topological polar surface area (TPSA) is 15.3 Å². The van der Waals surface area contributed by atoms with E-state index >= 15 is 0 Å². The smallest absolute Gasteiger partial charge is 0.0401 e. The second-order valence-corrected chi connectivity index (χ2v) is 6.53. The average molecular weight is 256 g/mol. The molecule has 2 atom stereocenters. The molecule has 0 amide bonds. The molecule has 0 radical (unpaired) electrons. The van der Waals surface area contributed by atoms with Gasteiger partial charge in [0.1, 0.15) is 0 Å². The molecule has 4 rings (SSSR count). The summed E-state index contributed by atoms with van der Waals surface area (Å²) >= 11 is 0. The minimum absolute atomic E-state index is 0.802. The van der Waals surface area contributed by atoms with E-state index in [0.717, 1.165) is 17.9 Å². The molecule has 1 N–H and O–H groups in total. The van der Waals surface area contributed by atoms with Crippen molar-refractivity contribution in [3.8, 4) is 0 Å². The summed E-state index contributed by atoms with van der Waals surface area (Å²) < 4.78 is 0. The van der Waals surface area contributed by atoms with Crippen LogP contribution in [0.2, 0.25) is 0 Å². The van der Waals surface area contributed by atoms with E-state index < -0.39 is 0 Å². The zero-order valence-electron chi connectivity index (χ0n) is 11.6. The number of anilines is 1. The summed E-state index contributed by atoms with van der Waals surface area (Å²) in [6.45, 7) is 3.74. The lowest BCUT2D eigenvalue weighted by Gasteiger charge is -2.51. The quantitative estimate of drug-likeness (QED) is 0.831. The van der Waals surface area contributed by atoms with Crippen molar-refractivity contribution in [2.45, 2.75) is 38.1 Å². The molecule has 0 unspecified atom stereocenters. The van der Waals surface area contributed by atoms with Gasteiger partial charge in [-0.15, -0.1) is 0 Å². The van der Waals surface area contributed by atoms with Crippen LogP contribution in [0.15, 0.2) is 24.3 Å². The Hall–Kier alpha value is -1.02. The molecule has 102 valence electrons. The van der Waals surface area contributed by atoms with Crippen LogP contribution in [0.3, 0.4) is 0 Å².